The Morgan fingerprint density at radius 1 is 1.39 bits per heavy atom. The third-order valence-electron chi connectivity index (χ3n) is 3.65. The Labute approximate surface area is 137 Å². The molecular weight excluding hydrogens is 316 g/mol. The number of carbonyl (C=O) groups excluding carboxylic acids is 1. The molecule has 126 valence electrons. The molecular formula is C16H22N2O4S. The molecule has 0 saturated carbocycles. The molecule has 23 heavy (non-hydrogen) atoms. The maximum atomic E-state index is 12.5. The van der Waals surface area contributed by atoms with Crippen molar-refractivity contribution in [2.75, 3.05) is 26.2 Å². The maximum Gasteiger partial charge on any atom is 0.258 e. The fourth-order valence-electron chi connectivity index (χ4n) is 2.40. The van der Waals surface area contributed by atoms with Crippen LogP contribution >= 0.6 is 0 Å². The van der Waals surface area contributed by atoms with Crippen LogP contribution in [-0.4, -0.2) is 44.9 Å². The van der Waals surface area contributed by atoms with Crippen molar-refractivity contribution >= 4 is 15.9 Å². The predicted molar refractivity (Wildman–Crippen MR) is 87.9 cm³/mol. The molecule has 0 bridgehead atoms. The first-order valence-corrected chi connectivity index (χ1v) is 9.00. The largest absolute Gasteiger partial charge is 0.484 e. The van der Waals surface area contributed by atoms with Crippen molar-refractivity contribution in [1.82, 2.24) is 9.62 Å². The van der Waals surface area contributed by atoms with Gasteiger partial charge in [0.2, 0.25) is 10.0 Å². The van der Waals surface area contributed by atoms with E-state index in [0.29, 0.717) is 30.9 Å². The number of amides is 1. The van der Waals surface area contributed by atoms with Gasteiger partial charge < -0.3 is 10.1 Å². The second-order valence-electron chi connectivity index (χ2n) is 5.42. The summed E-state index contributed by atoms with van der Waals surface area (Å²) in [5.41, 5.74) is 0.682. The summed E-state index contributed by atoms with van der Waals surface area (Å²) in [5, 5.41) is 2.61. The van der Waals surface area contributed by atoms with Gasteiger partial charge >= 0.3 is 0 Å². The van der Waals surface area contributed by atoms with Gasteiger partial charge in [-0.05, 0) is 43.5 Å². The van der Waals surface area contributed by atoms with Crippen LogP contribution in [0.2, 0.25) is 0 Å². The monoisotopic (exact) mass is 338 g/mol. The highest BCUT2D eigenvalue weighted by Crippen LogP contribution is 2.25. The van der Waals surface area contributed by atoms with Gasteiger partial charge in [0.15, 0.2) is 6.61 Å². The van der Waals surface area contributed by atoms with E-state index in [1.807, 2.05) is 0 Å². The lowest BCUT2D eigenvalue weighted by Crippen LogP contribution is -2.29. The average molecular weight is 338 g/mol. The van der Waals surface area contributed by atoms with E-state index in [4.69, 9.17) is 4.74 Å². The standard InChI is InChI=1S/C16H22N2O4S/c1-3-8-17-16(19)12-22-15-7-6-14(11-13(15)2)23(20,21)18-9-4-5-10-18/h3,6-7,11H,1,4-5,8-10,12H2,2H3,(H,17,19). The van der Waals surface area contributed by atoms with Gasteiger partial charge in [0.1, 0.15) is 5.75 Å². The highest BCUT2D eigenvalue weighted by atomic mass is 32.2. The first-order chi connectivity index (χ1) is 10.9. The number of nitrogens with one attached hydrogen (secondary N) is 1. The van der Waals surface area contributed by atoms with Crippen LogP contribution in [-0.2, 0) is 14.8 Å². The van der Waals surface area contributed by atoms with Crippen molar-refractivity contribution in [3.05, 3.63) is 36.4 Å². The molecule has 0 aliphatic carbocycles. The van der Waals surface area contributed by atoms with E-state index in [1.54, 1.807) is 25.1 Å². The van der Waals surface area contributed by atoms with Crippen molar-refractivity contribution in [2.45, 2.75) is 24.7 Å². The van der Waals surface area contributed by atoms with Gasteiger partial charge in [0.25, 0.3) is 5.91 Å². The molecule has 2 rings (SSSR count). The van der Waals surface area contributed by atoms with Crippen LogP contribution in [0.1, 0.15) is 18.4 Å². The second kappa shape index (κ2) is 7.61. The lowest BCUT2D eigenvalue weighted by molar-refractivity contribution is -0.122. The van der Waals surface area contributed by atoms with Crippen LogP contribution in [0.5, 0.6) is 5.75 Å². The molecule has 1 heterocycles. The maximum absolute atomic E-state index is 12.5. The number of hydrogen-bond acceptors (Lipinski definition) is 4. The van der Waals surface area contributed by atoms with Crippen molar-refractivity contribution in [3.63, 3.8) is 0 Å². The van der Waals surface area contributed by atoms with Crippen LogP contribution in [0.15, 0.2) is 35.7 Å². The molecule has 1 amide bonds. The van der Waals surface area contributed by atoms with Crippen molar-refractivity contribution in [3.8, 4) is 5.75 Å². The molecule has 0 unspecified atom stereocenters. The minimum Gasteiger partial charge on any atom is -0.484 e. The van der Waals surface area contributed by atoms with E-state index in [1.165, 1.54) is 10.4 Å². The smallest absolute Gasteiger partial charge is 0.258 e. The van der Waals surface area contributed by atoms with Gasteiger partial charge in [-0.2, -0.15) is 4.31 Å². The number of aryl methyl sites for hydroxylation is 1. The molecule has 6 nitrogen and oxygen atoms in total. The van der Waals surface area contributed by atoms with E-state index >= 15 is 0 Å². The number of sulfonamides is 1. The van der Waals surface area contributed by atoms with Gasteiger partial charge in [0.05, 0.1) is 4.90 Å². The molecule has 1 saturated heterocycles. The summed E-state index contributed by atoms with van der Waals surface area (Å²) in [7, 11) is -3.43. The second-order valence-corrected chi connectivity index (χ2v) is 7.36. The van der Waals surface area contributed by atoms with E-state index < -0.39 is 10.0 Å². The zero-order valence-corrected chi connectivity index (χ0v) is 14.1. The number of nitrogens with zero attached hydrogens (tertiary/aromatic N) is 1. The van der Waals surface area contributed by atoms with Crippen molar-refractivity contribution < 1.29 is 17.9 Å². The van der Waals surface area contributed by atoms with Crippen molar-refractivity contribution in [1.29, 1.82) is 0 Å². The molecule has 0 aromatic heterocycles. The number of ether oxygens (including phenoxy) is 1. The number of carbonyl (C=O) groups is 1. The lowest BCUT2D eigenvalue weighted by Gasteiger charge is -2.17. The van der Waals surface area contributed by atoms with E-state index in [2.05, 4.69) is 11.9 Å². The van der Waals surface area contributed by atoms with Gasteiger partial charge in [-0.1, -0.05) is 6.08 Å². The molecule has 1 fully saturated rings. The molecule has 1 aromatic carbocycles. The third kappa shape index (κ3) is 4.33. The highest BCUT2D eigenvalue weighted by Gasteiger charge is 2.27. The Bertz CT molecular complexity index is 679. The van der Waals surface area contributed by atoms with Crippen LogP contribution in [0.3, 0.4) is 0 Å². The minimum atomic E-state index is -3.43. The van der Waals surface area contributed by atoms with Gasteiger partial charge in [-0.15, -0.1) is 6.58 Å². The Balaban J connectivity index is 2.05. The van der Waals surface area contributed by atoms with Crippen LogP contribution in [0, 0.1) is 6.92 Å². The first-order valence-electron chi connectivity index (χ1n) is 7.56. The fraction of sp³-hybridized carbons (Fsp3) is 0.438. The van der Waals surface area contributed by atoms with E-state index in [0.717, 1.165) is 12.8 Å². The summed E-state index contributed by atoms with van der Waals surface area (Å²) in [6.45, 7) is 6.69. The van der Waals surface area contributed by atoms with Gasteiger partial charge in [-0.25, -0.2) is 8.42 Å². The van der Waals surface area contributed by atoms with Gasteiger partial charge in [-0.3, -0.25) is 4.79 Å². The Morgan fingerprint density at radius 2 is 2.09 bits per heavy atom. The van der Waals surface area contributed by atoms with Crippen LogP contribution in [0.4, 0.5) is 0 Å². The van der Waals surface area contributed by atoms with Gasteiger partial charge in [0, 0.05) is 19.6 Å². The molecule has 0 spiro atoms. The van der Waals surface area contributed by atoms with Crippen molar-refractivity contribution in [2.24, 2.45) is 0 Å². The number of rotatable bonds is 7. The first kappa shape index (κ1) is 17.5. The third-order valence-corrected chi connectivity index (χ3v) is 5.55. The summed E-state index contributed by atoms with van der Waals surface area (Å²) < 4.78 is 31.9. The molecule has 0 atom stereocenters. The summed E-state index contributed by atoms with van der Waals surface area (Å²) >= 11 is 0. The number of benzene rings is 1. The Morgan fingerprint density at radius 3 is 2.70 bits per heavy atom. The fourth-order valence-corrected chi connectivity index (χ4v) is 4.00. The summed E-state index contributed by atoms with van der Waals surface area (Å²) in [6.07, 6.45) is 3.39. The molecule has 1 N–H and O–H groups in total. The normalized spacial score (nSPS) is 15.3. The molecule has 7 heteroatoms. The predicted octanol–water partition coefficient (Wildman–Crippen LogP) is 1.46. The summed E-state index contributed by atoms with van der Waals surface area (Å²) in [6, 6.07) is 4.71. The van der Waals surface area contributed by atoms with E-state index in [-0.39, 0.29) is 17.4 Å². The molecule has 0 radical (unpaired) electrons. The lowest BCUT2D eigenvalue weighted by atomic mass is 10.2. The van der Waals surface area contributed by atoms with Crippen LogP contribution in [0.25, 0.3) is 0 Å². The Hall–Kier alpha value is -1.86. The SMILES string of the molecule is C=CCNC(=O)COc1ccc(S(=O)(=O)N2CCCC2)cc1C. The van der Waals surface area contributed by atoms with E-state index in [9.17, 15) is 13.2 Å². The average Bonchev–Trinajstić information content (AvgIpc) is 3.06. The number of hydrogen-bond donors (Lipinski definition) is 1. The van der Waals surface area contributed by atoms with Crippen LogP contribution < -0.4 is 10.1 Å². The molecule has 1 aromatic rings. The molecule has 1 aliphatic heterocycles. The molecule has 1 aliphatic rings. The minimum absolute atomic E-state index is 0.118. The highest BCUT2D eigenvalue weighted by molar-refractivity contribution is 7.89. The zero-order valence-electron chi connectivity index (χ0n) is 13.2. The summed E-state index contributed by atoms with van der Waals surface area (Å²) in [4.78, 5) is 11.8. The Kier molecular flexibility index (Phi) is 5.79. The zero-order chi connectivity index (χ0) is 16.9. The topological polar surface area (TPSA) is 75.7 Å². The quantitative estimate of drug-likeness (QED) is 0.764. The summed E-state index contributed by atoms with van der Waals surface area (Å²) in [5.74, 6) is 0.247.